The zero-order valence-corrected chi connectivity index (χ0v) is 21.1. The second-order valence-electron chi connectivity index (χ2n) is 9.20. The van der Waals surface area contributed by atoms with E-state index in [0.717, 1.165) is 18.4 Å². The predicted molar refractivity (Wildman–Crippen MR) is 136 cm³/mol. The van der Waals surface area contributed by atoms with Crippen LogP contribution >= 0.6 is 0 Å². The number of primary amides is 1. The first-order valence-corrected chi connectivity index (χ1v) is 11.5. The van der Waals surface area contributed by atoms with Crippen LogP contribution in [0.15, 0.2) is 41.6 Å². The van der Waals surface area contributed by atoms with E-state index >= 15 is 0 Å². The number of nitrogens with zero attached hydrogens (tertiary/aromatic N) is 4. The molecule has 192 valence electrons. The highest BCUT2D eigenvalue weighted by Crippen LogP contribution is 2.23. The zero-order chi connectivity index (χ0) is 26.9. The molecule has 1 atom stereocenters. The van der Waals surface area contributed by atoms with Gasteiger partial charge in [0.05, 0.1) is 18.1 Å². The van der Waals surface area contributed by atoms with Crippen LogP contribution in [0.25, 0.3) is 10.9 Å². The molecule has 3 amide bonds. The van der Waals surface area contributed by atoms with E-state index in [0.29, 0.717) is 18.4 Å². The van der Waals surface area contributed by atoms with Crippen molar-refractivity contribution >= 4 is 34.5 Å². The van der Waals surface area contributed by atoms with Crippen molar-refractivity contribution in [3.8, 4) is 6.07 Å². The molecular weight excluding hydrogens is 462 g/mol. The monoisotopic (exact) mass is 495 g/mol. The Hall–Kier alpha value is -4.20. The van der Waals surface area contributed by atoms with E-state index in [2.05, 4.69) is 33.4 Å². The van der Waals surface area contributed by atoms with Crippen molar-refractivity contribution in [2.45, 2.75) is 52.6 Å². The Labute approximate surface area is 210 Å². The number of aryl methyl sites for hydroxylation is 1. The Morgan fingerprint density at radius 1 is 1.28 bits per heavy atom. The Balaban J connectivity index is 2.20. The Kier molecular flexibility index (Phi) is 9.73. The second kappa shape index (κ2) is 12.5. The van der Waals surface area contributed by atoms with Crippen LogP contribution in [0.3, 0.4) is 0 Å². The minimum absolute atomic E-state index is 0.0345. The van der Waals surface area contributed by atoms with Crippen molar-refractivity contribution in [3.05, 3.63) is 42.3 Å². The van der Waals surface area contributed by atoms with E-state index in [9.17, 15) is 14.4 Å². The number of hydrogen-bond acceptors (Lipinski definition) is 7. The van der Waals surface area contributed by atoms with Crippen molar-refractivity contribution in [3.63, 3.8) is 0 Å². The molecule has 0 radical (unpaired) electrons. The summed E-state index contributed by atoms with van der Waals surface area (Å²) in [6, 6.07) is 8.58. The van der Waals surface area contributed by atoms with E-state index in [1.165, 1.54) is 7.05 Å². The quantitative estimate of drug-likeness (QED) is 0.142. The molecule has 1 aromatic carbocycles. The number of aromatic nitrogens is 2. The molecule has 4 N–H and O–H groups in total. The topological polar surface area (TPSA) is 164 Å². The molecule has 1 heterocycles. The fourth-order valence-corrected chi connectivity index (χ4v) is 3.42. The van der Waals surface area contributed by atoms with Crippen molar-refractivity contribution in [1.82, 2.24) is 20.4 Å². The molecular formula is C25H33N7O4. The van der Waals surface area contributed by atoms with E-state index in [1.54, 1.807) is 4.68 Å². The highest BCUT2D eigenvalue weighted by molar-refractivity contribution is 6.06. The highest BCUT2D eigenvalue weighted by atomic mass is 16.5. The van der Waals surface area contributed by atoms with Gasteiger partial charge in [-0.1, -0.05) is 45.5 Å². The van der Waals surface area contributed by atoms with E-state index in [4.69, 9.17) is 15.7 Å². The van der Waals surface area contributed by atoms with Crippen molar-refractivity contribution in [2.75, 3.05) is 13.6 Å². The number of hydrogen-bond donors (Lipinski definition) is 3. The summed E-state index contributed by atoms with van der Waals surface area (Å²) in [4.78, 5) is 41.4. The van der Waals surface area contributed by atoms with Crippen molar-refractivity contribution in [1.29, 1.82) is 5.26 Å². The fourth-order valence-electron chi connectivity index (χ4n) is 3.42. The number of benzene rings is 1. The number of aliphatic imine (C=N–C) groups is 1. The normalized spacial score (nSPS) is 12.5. The number of para-hydroxylation sites is 1. The van der Waals surface area contributed by atoms with Gasteiger partial charge in [0.25, 0.3) is 11.8 Å². The van der Waals surface area contributed by atoms with Crippen LogP contribution in [0.4, 0.5) is 0 Å². The van der Waals surface area contributed by atoms with Gasteiger partial charge in [0.1, 0.15) is 6.04 Å². The Morgan fingerprint density at radius 3 is 2.58 bits per heavy atom. The van der Waals surface area contributed by atoms with Crippen molar-refractivity contribution in [2.24, 2.45) is 16.1 Å². The third kappa shape index (κ3) is 7.40. The average Bonchev–Trinajstić information content (AvgIpc) is 3.20. The average molecular weight is 496 g/mol. The molecule has 0 aliphatic heterocycles. The number of ether oxygens (including phenoxy) is 1. The van der Waals surface area contributed by atoms with Crippen LogP contribution < -0.4 is 16.4 Å². The third-order valence-corrected chi connectivity index (χ3v) is 5.36. The summed E-state index contributed by atoms with van der Waals surface area (Å²) < 4.78 is 6.92. The summed E-state index contributed by atoms with van der Waals surface area (Å²) in [5.74, 6) is -2.07. The molecule has 0 fully saturated rings. The summed E-state index contributed by atoms with van der Waals surface area (Å²) in [5.41, 5.74) is 5.49. The number of rotatable bonds is 11. The molecule has 11 nitrogen and oxygen atoms in total. The molecule has 0 spiro atoms. The van der Waals surface area contributed by atoms with Crippen LogP contribution in [0.1, 0.15) is 50.5 Å². The molecule has 0 aliphatic rings. The lowest BCUT2D eigenvalue weighted by atomic mass is 9.86. The number of fused-ring (bicyclic) bond motifs is 1. The standard InChI is InChI=1S/C25H33N7O4/c1-16(22(27)33)36-19(28-5)15-29-24(35)21(25(2,3)4)30-23(34)20-17-11-7-8-12-18(17)32(31-20)14-10-6-9-13-26/h7-8,11-12,21H,1,6,9-10,14-15H2,2-5H3,(H2,27,33)(H,29,35)(H,30,34). The Morgan fingerprint density at radius 2 is 1.97 bits per heavy atom. The summed E-state index contributed by atoms with van der Waals surface area (Å²) in [6.07, 6.45) is 1.94. The number of unbranched alkanes of at least 4 members (excludes halogenated alkanes) is 2. The lowest BCUT2D eigenvalue weighted by Gasteiger charge is -2.30. The second-order valence-corrected chi connectivity index (χ2v) is 9.20. The highest BCUT2D eigenvalue weighted by Gasteiger charge is 2.34. The first-order chi connectivity index (χ1) is 17.0. The van der Waals surface area contributed by atoms with Gasteiger partial charge < -0.3 is 21.1 Å². The molecule has 1 unspecified atom stereocenters. The maximum absolute atomic E-state index is 13.3. The lowest BCUT2D eigenvalue weighted by molar-refractivity contribution is -0.125. The largest absolute Gasteiger partial charge is 0.436 e. The molecule has 2 rings (SSSR count). The van der Waals surface area contributed by atoms with Gasteiger partial charge in [0, 0.05) is 25.4 Å². The van der Waals surface area contributed by atoms with Gasteiger partial charge in [-0.05, 0) is 24.3 Å². The Bertz CT molecular complexity index is 1200. The molecule has 0 saturated carbocycles. The first-order valence-electron chi connectivity index (χ1n) is 11.5. The summed E-state index contributed by atoms with van der Waals surface area (Å²) in [6.45, 7) is 9.30. The summed E-state index contributed by atoms with van der Waals surface area (Å²) >= 11 is 0. The van der Waals surface area contributed by atoms with Gasteiger partial charge >= 0.3 is 0 Å². The van der Waals surface area contributed by atoms with E-state index < -0.39 is 29.2 Å². The van der Waals surface area contributed by atoms with Gasteiger partial charge in [-0.25, -0.2) is 0 Å². The number of carbonyl (C=O) groups is 3. The van der Waals surface area contributed by atoms with E-state index in [1.807, 2.05) is 45.0 Å². The predicted octanol–water partition coefficient (Wildman–Crippen LogP) is 2.03. The van der Waals surface area contributed by atoms with Gasteiger partial charge in [0.2, 0.25) is 11.8 Å². The minimum Gasteiger partial charge on any atom is -0.436 e. The molecule has 0 aliphatic carbocycles. The van der Waals surface area contributed by atoms with Crippen molar-refractivity contribution < 1.29 is 19.1 Å². The SMILES string of the molecule is C=C(OC(CNC(=O)C(NC(=O)c1nn(CCCCC#N)c2ccccc12)C(C)(C)C)=NC)C(N)=O. The molecule has 2 aromatic rings. The van der Waals surface area contributed by atoms with Gasteiger partial charge in [0.15, 0.2) is 11.5 Å². The molecule has 0 bridgehead atoms. The van der Waals surface area contributed by atoms with Gasteiger partial charge in [-0.2, -0.15) is 10.4 Å². The third-order valence-electron chi connectivity index (χ3n) is 5.36. The van der Waals surface area contributed by atoms with E-state index in [-0.39, 0.29) is 23.9 Å². The molecule has 0 saturated heterocycles. The number of nitrogens with one attached hydrogen (secondary N) is 2. The number of amides is 3. The fraction of sp³-hybridized carbons (Fsp3) is 0.440. The first kappa shape index (κ1) is 28.0. The lowest BCUT2D eigenvalue weighted by Crippen LogP contribution is -2.54. The smallest absolute Gasteiger partial charge is 0.283 e. The van der Waals surface area contributed by atoms with Gasteiger partial charge in [-0.3, -0.25) is 24.1 Å². The van der Waals surface area contributed by atoms with Crippen LogP contribution in [0.5, 0.6) is 0 Å². The zero-order valence-electron chi connectivity index (χ0n) is 21.1. The summed E-state index contributed by atoms with van der Waals surface area (Å²) in [5, 5.41) is 19.4. The number of nitriles is 1. The molecule has 11 heteroatoms. The van der Waals surface area contributed by atoms with Crippen LogP contribution in [0, 0.1) is 16.7 Å². The van der Waals surface area contributed by atoms with Crippen LogP contribution in [-0.2, 0) is 20.9 Å². The minimum atomic E-state index is -0.915. The number of carbonyl (C=O) groups excluding carboxylic acids is 3. The number of nitrogens with two attached hydrogens (primary N) is 1. The van der Waals surface area contributed by atoms with Crippen LogP contribution in [-0.4, -0.2) is 53.0 Å². The maximum Gasteiger partial charge on any atom is 0.283 e. The molecule has 1 aromatic heterocycles. The van der Waals surface area contributed by atoms with Crippen LogP contribution in [0.2, 0.25) is 0 Å². The van der Waals surface area contributed by atoms with Gasteiger partial charge in [-0.15, -0.1) is 0 Å². The maximum atomic E-state index is 13.3. The molecule has 36 heavy (non-hydrogen) atoms. The summed E-state index contributed by atoms with van der Waals surface area (Å²) in [7, 11) is 1.43.